The molecule has 0 saturated heterocycles. The van der Waals surface area contributed by atoms with Gasteiger partial charge in [0.05, 0.1) is 4.92 Å². The summed E-state index contributed by atoms with van der Waals surface area (Å²) >= 11 is 0. The fourth-order valence-electron chi connectivity index (χ4n) is 1.76. The number of anilines is 1. The van der Waals surface area contributed by atoms with Crippen molar-refractivity contribution >= 4 is 17.3 Å². The first kappa shape index (κ1) is 15.8. The minimum atomic E-state index is -1.34. The second-order valence-corrected chi connectivity index (χ2v) is 5.16. The summed E-state index contributed by atoms with van der Waals surface area (Å²) in [6, 6.07) is 1.15. The van der Waals surface area contributed by atoms with Crippen molar-refractivity contribution in [1.29, 1.82) is 0 Å². The number of nitro benzene ring substituents is 1. The Morgan fingerprint density at radius 3 is 2.35 bits per heavy atom. The van der Waals surface area contributed by atoms with Crippen molar-refractivity contribution in [3.05, 3.63) is 33.9 Å². The molecule has 1 aromatic carbocycles. The van der Waals surface area contributed by atoms with E-state index in [4.69, 9.17) is 5.11 Å². The topological polar surface area (TPSA) is 83.7 Å². The minimum Gasteiger partial charge on any atom is -0.480 e. The van der Waals surface area contributed by atoms with Gasteiger partial charge in [0.1, 0.15) is 18.0 Å². The molecule has 0 aliphatic carbocycles. The van der Waals surface area contributed by atoms with Crippen LogP contribution >= 0.6 is 0 Å². The van der Waals surface area contributed by atoms with Gasteiger partial charge in [0.25, 0.3) is 0 Å². The van der Waals surface area contributed by atoms with E-state index in [0.29, 0.717) is 6.07 Å². The Morgan fingerprint density at radius 1 is 1.40 bits per heavy atom. The summed E-state index contributed by atoms with van der Waals surface area (Å²) in [5.74, 6) is -3.62. The lowest BCUT2D eigenvalue weighted by atomic mass is 10.0. The highest BCUT2D eigenvalue weighted by Crippen LogP contribution is 2.35. The Hall–Kier alpha value is -2.25. The summed E-state index contributed by atoms with van der Waals surface area (Å²) in [5, 5.41) is 19.8. The molecule has 1 aromatic rings. The molecule has 0 spiro atoms. The first-order chi connectivity index (χ1) is 9.04. The first-order valence-corrected chi connectivity index (χ1v) is 5.67. The predicted octanol–water partition coefficient (Wildman–Crippen LogP) is 2.56. The van der Waals surface area contributed by atoms with Gasteiger partial charge in [-0.15, -0.1) is 0 Å². The Labute approximate surface area is 113 Å². The zero-order valence-corrected chi connectivity index (χ0v) is 11.2. The number of carboxylic acids is 1. The van der Waals surface area contributed by atoms with E-state index in [1.807, 2.05) is 0 Å². The third kappa shape index (κ3) is 3.40. The summed E-state index contributed by atoms with van der Waals surface area (Å²) in [5.41, 5.74) is -2.21. The summed E-state index contributed by atoms with van der Waals surface area (Å²) in [6.45, 7) is 4.14. The van der Waals surface area contributed by atoms with Crippen molar-refractivity contribution in [2.75, 3.05) is 11.4 Å². The van der Waals surface area contributed by atoms with E-state index in [2.05, 4.69) is 0 Å². The maximum atomic E-state index is 13.6. The molecule has 0 amide bonds. The predicted molar refractivity (Wildman–Crippen MR) is 67.7 cm³/mol. The summed E-state index contributed by atoms with van der Waals surface area (Å²) in [6.07, 6.45) is 0. The zero-order chi connectivity index (χ0) is 15.7. The molecule has 1 N–H and O–H groups in total. The lowest BCUT2D eigenvalue weighted by Gasteiger charge is -2.36. The smallest absolute Gasteiger partial charge is 0.328 e. The lowest BCUT2D eigenvalue weighted by Crippen LogP contribution is -2.45. The van der Waals surface area contributed by atoms with E-state index in [9.17, 15) is 23.7 Å². The number of nitro groups is 1. The molecular weight excluding hydrogens is 274 g/mol. The monoisotopic (exact) mass is 288 g/mol. The van der Waals surface area contributed by atoms with Gasteiger partial charge in [-0.1, -0.05) is 0 Å². The van der Waals surface area contributed by atoms with Gasteiger partial charge in [0, 0.05) is 17.7 Å². The van der Waals surface area contributed by atoms with Gasteiger partial charge in [-0.2, -0.15) is 4.39 Å². The van der Waals surface area contributed by atoms with Gasteiger partial charge in [0.15, 0.2) is 0 Å². The van der Waals surface area contributed by atoms with Crippen LogP contribution in [0.5, 0.6) is 0 Å². The Bertz CT molecular complexity index is 555. The number of halogens is 2. The fourth-order valence-corrected chi connectivity index (χ4v) is 1.76. The number of aliphatic carboxylic acids is 1. The van der Waals surface area contributed by atoms with Crippen LogP contribution in [0.15, 0.2) is 12.1 Å². The number of hydrogen-bond donors (Lipinski definition) is 1. The third-order valence-electron chi connectivity index (χ3n) is 2.58. The van der Waals surface area contributed by atoms with Gasteiger partial charge in [-0.25, -0.2) is 4.39 Å². The molecule has 0 aliphatic rings. The SMILES string of the molecule is CC(C)(C)N(CC(=O)O)c1cc(F)cc(F)c1[N+](=O)[O-]. The summed E-state index contributed by atoms with van der Waals surface area (Å²) in [7, 11) is 0. The van der Waals surface area contributed by atoms with Crippen LogP contribution < -0.4 is 4.90 Å². The van der Waals surface area contributed by atoms with E-state index in [1.54, 1.807) is 20.8 Å². The van der Waals surface area contributed by atoms with Gasteiger partial charge in [0.2, 0.25) is 5.82 Å². The van der Waals surface area contributed by atoms with Crippen LogP contribution in [0.3, 0.4) is 0 Å². The number of carboxylic acid groups (broad SMARTS) is 1. The quantitative estimate of drug-likeness (QED) is 0.680. The molecule has 0 radical (unpaired) electrons. The Balaban J connectivity index is 3.54. The van der Waals surface area contributed by atoms with E-state index in [-0.39, 0.29) is 0 Å². The molecule has 110 valence electrons. The molecule has 0 unspecified atom stereocenters. The molecule has 20 heavy (non-hydrogen) atoms. The molecule has 0 aromatic heterocycles. The number of rotatable bonds is 4. The number of hydrogen-bond acceptors (Lipinski definition) is 4. The average molecular weight is 288 g/mol. The maximum Gasteiger partial charge on any atom is 0.328 e. The highest BCUT2D eigenvalue weighted by Gasteiger charge is 2.32. The molecule has 1 rings (SSSR count). The van der Waals surface area contributed by atoms with Crippen LogP contribution in [-0.4, -0.2) is 28.1 Å². The fraction of sp³-hybridized carbons (Fsp3) is 0.417. The number of carbonyl (C=O) groups is 1. The van der Waals surface area contributed by atoms with Gasteiger partial charge < -0.3 is 10.0 Å². The molecular formula is C12H14F2N2O4. The third-order valence-corrected chi connectivity index (χ3v) is 2.58. The second kappa shape index (κ2) is 5.40. The largest absolute Gasteiger partial charge is 0.480 e. The number of benzene rings is 1. The van der Waals surface area contributed by atoms with Crippen LogP contribution in [0.1, 0.15) is 20.8 Å². The first-order valence-electron chi connectivity index (χ1n) is 5.67. The molecule has 6 nitrogen and oxygen atoms in total. The van der Waals surface area contributed by atoms with Crippen LogP contribution in [0.25, 0.3) is 0 Å². The Kier molecular flexibility index (Phi) is 4.26. The van der Waals surface area contributed by atoms with Crippen LogP contribution in [0.2, 0.25) is 0 Å². The number of nitrogens with zero attached hydrogens (tertiary/aromatic N) is 2. The normalized spacial score (nSPS) is 11.2. The van der Waals surface area contributed by atoms with Crippen LogP contribution in [0.4, 0.5) is 20.2 Å². The maximum absolute atomic E-state index is 13.6. The summed E-state index contributed by atoms with van der Waals surface area (Å²) in [4.78, 5) is 21.9. The van der Waals surface area contributed by atoms with Crippen molar-refractivity contribution in [2.45, 2.75) is 26.3 Å². The molecule has 8 heteroatoms. The average Bonchev–Trinajstić information content (AvgIpc) is 2.21. The summed E-state index contributed by atoms with van der Waals surface area (Å²) < 4.78 is 26.9. The van der Waals surface area contributed by atoms with Crippen molar-refractivity contribution in [1.82, 2.24) is 0 Å². The highest BCUT2D eigenvalue weighted by atomic mass is 19.1. The molecule has 0 heterocycles. The molecule has 0 aliphatic heterocycles. The van der Waals surface area contributed by atoms with E-state index in [1.165, 1.54) is 0 Å². The van der Waals surface area contributed by atoms with Gasteiger partial charge >= 0.3 is 11.7 Å². The minimum absolute atomic E-state index is 0.392. The van der Waals surface area contributed by atoms with Crippen molar-refractivity contribution in [3.8, 4) is 0 Å². The van der Waals surface area contributed by atoms with Crippen molar-refractivity contribution < 1.29 is 23.6 Å². The molecule has 0 bridgehead atoms. The molecule has 0 fully saturated rings. The van der Waals surface area contributed by atoms with Crippen molar-refractivity contribution in [2.24, 2.45) is 0 Å². The highest BCUT2D eigenvalue weighted by molar-refractivity contribution is 5.77. The zero-order valence-electron chi connectivity index (χ0n) is 11.2. The van der Waals surface area contributed by atoms with Crippen LogP contribution in [-0.2, 0) is 4.79 Å². The van der Waals surface area contributed by atoms with E-state index >= 15 is 0 Å². The van der Waals surface area contributed by atoms with Crippen molar-refractivity contribution in [3.63, 3.8) is 0 Å². The lowest BCUT2D eigenvalue weighted by molar-refractivity contribution is -0.386. The van der Waals surface area contributed by atoms with Crippen LogP contribution in [0, 0.1) is 21.7 Å². The van der Waals surface area contributed by atoms with Gasteiger partial charge in [-0.3, -0.25) is 14.9 Å². The van der Waals surface area contributed by atoms with E-state index < -0.39 is 46.0 Å². The van der Waals surface area contributed by atoms with Gasteiger partial charge in [-0.05, 0) is 20.8 Å². The molecule has 0 atom stereocenters. The molecule has 0 saturated carbocycles. The van der Waals surface area contributed by atoms with E-state index in [0.717, 1.165) is 11.0 Å². The Morgan fingerprint density at radius 2 is 1.95 bits per heavy atom. The standard InChI is InChI=1S/C12H14F2N2O4/c1-12(2,3)15(6-10(17)18)9-5-7(13)4-8(14)11(9)16(19)20/h4-5H,6H2,1-3H3,(H,17,18). The second-order valence-electron chi connectivity index (χ2n) is 5.16.